The summed E-state index contributed by atoms with van der Waals surface area (Å²) < 4.78 is 20.8. The molecule has 2 heterocycles. The fourth-order valence-electron chi connectivity index (χ4n) is 2.17. The molecule has 16 heavy (non-hydrogen) atoms. The maximum Gasteiger partial charge on any atom is 0.128 e. The number of nitrogens with zero attached hydrogens (tertiary/aromatic N) is 2. The highest BCUT2D eigenvalue weighted by Gasteiger charge is 2.24. The second-order valence-electron chi connectivity index (χ2n) is 4.31. The first-order valence-electron chi connectivity index (χ1n) is 5.39. The average Bonchev–Trinajstić information content (AvgIpc) is 2.43. The van der Waals surface area contributed by atoms with Gasteiger partial charge in [-0.3, -0.25) is 0 Å². The van der Waals surface area contributed by atoms with Crippen molar-refractivity contribution in [3.63, 3.8) is 0 Å². The Labute approximate surface area is 92.8 Å². The van der Waals surface area contributed by atoms with Crippen molar-refractivity contribution in [1.82, 2.24) is 9.55 Å². The summed E-state index contributed by atoms with van der Waals surface area (Å²) >= 11 is 0. The van der Waals surface area contributed by atoms with Crippen molar-refractivity contribution in [1.29, 1.82) is 0 Å². The Bertz CT molecular complexity index is 558. The van der Waals surface area contributed by atoms with Gasteiger partial charge in [0, 0.05) is 6.07 Å². The highest BCUT2D eigenvalue weighted by atomic mass is 19.1. The van der Waals surface area contributed by atoms with Crippen LogP contribution in [0.1, 0.15) is 17.4 Å². The predicted molar refractivity (Wildman–Crippen MR) is 59.0 cm³/mol. The fourth-order valence-corrected chi connectivity index (χ4v) is 2.17. The molecule has 1 aromatic heterocycles. The molecule has 1 aromatic carbocycles. The lowest BCUT2D eigenvalue weighted by molar-refractivity contribution is -0.0224. The van der Waals surface area contributed by atoms with Gasteiger partial charge < -0.3 is 9.30 Å². The molecule has 1 aliphatic heterocycles. The van der Waals surface area contributed by atoms with E-state index in [9.17, 15) is 4.39 Å². The molecule has 0 radical (unpaired) electrons. The monoisotopic (exact) mass is 220 g/mol. The molecule has 3 nitrogen and oxygen atoms in total. The number of rotatable bonds is 1. The smallest absolute Gasteiger partial charge is 0.128 e. The molecule has 3 rings (SSSR count). The maximum absolute atomic E-state index is 13.6. The van der Waals surface area contributed by atoms with Crippen LogP contribution in [0.4, 0.5) is 4.39 Å². The van der Waals surface area contributed by atoms with E-state index in [1.54, 1.807) is 19.1 Å². The number of halogens is 1. The van der Waals surface area contributed by atoms with E-state index in [-0.39, 0.29) is 5.82 Å². The molecule has 4 heteroatoms. The van der Waals surface area contributed by atoms with Gasteiger partial charge in [-0.05, 0) is 25.5 Å². The lowest BCUT2D eigenvalue weighted by Gasteiger charge is -2.28. The summed E-state index contributed by atoms with van der Waals surface area (Å²) in [6.07, 6.45) is 0. The minimum atomic E-state index is -0.172. The zero-order valence-electron chi connectivity index (χ0n) is 9.33. The molecular formula is C12H13FN2O. The van der Waals surface area contributed by atoms with Crippen molar-refractivity contribution in [3.05, 3.63) is 29.3 Å². The van der Waals surface area contributed by atoms with Gasteiger partial charge in [0.05, 0.1) is 30.3 Å². The van der Waals surface area contributed by atoms with Gasteiger partial charge in [-0.25, -0.2) is 9.37 Å². The topological polar surface area (TPSA) is 27.1 Å². The van der Waals surface area contributed by atoms with Crippen LogP contribution < -0.4 is 0 Å². The van der Waals surface area contributed by atoms with Gasteiger partial charge in [-0.1, -0.05) is 0 Å². The Morgan fingerprint density at radius 3 is 2.75 bits per heavy atom. The Hall–Kier alpha value is -1.42. The van der Waals surface area contributed by atoms with Gasteiger partial charge in [0.15, 0.2) is 0 Å². The van der Waals surface area contributed by atoms with Crippen molar-refractivity contribution < 1.29 is 9.13 Å². The van der Waals surface area contributed by atoms with Crippen LogP contribution in [0.5, 0.6) is 0 Å². The first-order valence-corrected chi connectivity index (χ1v) is 5.39. The van der Waals surface area contributed by atoms with Crippen LogP contribution in [0.15, 0.2) is 12.1 Å². The highest BCUT2D eigenvalue weighted by Crippen LogP contribution is 2.27. The number of hydrogen-bond donors (Lipinski definition) is 0. The van der Waals surface area contributed by atoms with Crippen molar-refractivity contribution in [3.8, 4) is 0 Å². The van der Waals surface area contributed by atoms with E-state index < -0.39 is 0 Å². The molecule has 84 valence electrons. The molecule has 0 amide bonds. The fraction of sp³-hybridized carbons (Fsp3) is 0.417. The van der Waals surface area contributed by atoms with Crippen LogP contribution >= 0.6 is 0 Å². The van der Waals surface area contributed by atoms with E-state index in [1.807, 2.05) is 6.92 Å². The predicted octanol–water partition coefficient (Wildman–Crippen LogP) is 2.36. The van der Waals surface area contributed by atoms with Crippen LogP contribution in [0, 0.1) is 19.7 Å². The number of imidazole rings is 1. The van der Waals surface area contributed by atoms with Gasteiger partial charge in [0.25, 0.3) is 0 Å². The van der Waals surface area contributed by atoms with Crippen LogP contribution in [0.25, 0.3) is 11.0 Å². The second-order valence-corrected chi connectivity index (χ2v) is 4.31. The Morgan fingerprint density at radius 2 is 2.12 bits per heavy atom. The van der Waals surface area contributed by atoms with Crippen molar-refractivity contribution in [2.75, 3.05) is 13.2 Å². The molecule has 0 unspecified atom stereocenters. The lowest BCUT2D eigenvalue weighted by Crippen LogP contribution is -2.31. The molecular weight excluding hydrogens is 207 g/mol. The third-order valence-electron chi connectivity index (χ3n) is 3.13. The molecule has 2 aromatic rings. The van der Waals surface area contributed by atoms with E-state index in [4.69, 9.17) is 4.74 Å². The zero-order valence-corrected chi connectivity index (χ0v) is 9.33. The normalized spacial score (nSPS) is 16.7. The van der Waals surface area contributed by atoms with Gasteiger partial charge in [-0.2, -0.15) is 0 Å². The standard InChI is InChI=1S/C12H13FN2O/c1-7-3-11-12(4-10(7)13)15(8(2)14-11)9-5-16-6-9/h3-4,9H,5-6H2,1-2H3. The summed E-state index contributed by atoms with van der Waals surface area (Å²) in [5, 5.41) is 0. The van der Waals surface area contributed by atoms with Gasteiger partial charge in [0.2, 0.25) is 0 Å². The summed E-state index contributed by atoms with van der Waals surface area (Å²) in [6, 6.07) is 3.68. The number of benzene rings is 1. The minimum absolute atomic E-state index is 0.172. The van der Waals surface area contributed by atoms with Crippen LogP contribution in [-0.2, 0) is 4.74 Å². The largest absolute Gasteiger partial charge is 0.377 e. The molecule has 0 spiro atoms. The van der Waals surface area contributed by atoms with Crippen molar-refractivity contribution in [2.24, 2.45) is 0 Å². The van der Waals surface area contributed by atoms with Crippen LogP contribution in [0.3, 0.4) is 0 Å². The number of aromatic nitrogens is 2. The molecule has 1 fully saturated rings. The van der Waals surface area contributed by atoms with Crippen molar-refractivity contribution in [2.45, 2.75) is 19.9 Å². The zero-order chi connectivity index (χ0) is 11.3. The molecule has 0 bridgehead atoms. The van der Waals surface area contributed by atoms with Gasteiger partial charge in [0.1, 0.15) is 11.6 Å². The Morgan fingerprint density at radius 1 is 1.38 bits per heavy atom. The van der Waals surface area contributed by atoms with E-state index in [1.165, 1.54) is 0 Å². The molecule has 1 saturated heterocycles. The quantitative estimate of drug-likeness (QED) is 0.737. The third-order valence-corrected chi connectivity index (χ3v) is 3.13. The first-order chi connectivity index (χ1) is 7.66. The Kier molecular flexibility index (Phi) is 2.01. The first kappa shape index (κ1) is 9.78. The summed E-state index contributed by atoms with van der Waals surface area (Å²) in [7, 11) is 0. The lowest BCUT2D eigenvalue weighted by atomic mass is 10.2. The van der Waals surface area contributed by atoms with E-state index in [2.05, 4.69) is 9.55 Å². The summed E-state index contributed by atoms with van der Waals surface area (Å²) in [5.74, 6) is 0.752. The van der Waals surface area contributed by atoms with Crippen molar-refractivity contribution >= 4 is 11.0 Å². The summed E-state index contributed by atoms with van der Waals surface area (Å²) in [6.45, 7) is 5.10. The van der Waals surface area contributed by atoms with Crippen LogP contribution in [-0.4, -0.2) is 22.8 Å². The summed E-state index contributed by atoms with van der Waals surface area (Å²) in [5.41, 5.74) is 2.37. The second kappa shape index (κ2) is 3.28. The number of aryl methyl sites for hydroxylation is 2. The Balaban J connectivity index is 2.26. The maximum atomic E-state index is 13.6. The number of ether oxygens (including phenoxy) is 1. The molecule has 0 atom stereocenters. The van der Waals surface area contributed by atoms with Gasteiger partial charge >= 0.3 is 0 Å². The number of hydrogen-bond acceptors (Lipinski definition) is 2. The van der Waals surface area contributed by atoms with Gasteiger partial charge in [-0.15, -0.1) is 0 Å². The van der Waals surface area contributed by atoms with E-state index in [0.29, 0.717) is 24.8 Å². The third kappa shape index (κ3) is 1.26. The SMILES string of the molecule is Cc1cc2nc(C)n(C3COC3)c2cc1F. The van der Waals surface area contributed by atoms with E-state index in [0.717, 1.165) is 16.9 Å². The molecule has 1 aliphatic rings. The average molecular weight is 220 g/mol. The molecule has 0 saturated carbocycles. The number of fused-ring (bicyclic) bond motifs is 1. The summed E-state index contributed by atoms with van der Waals surface area (Å²) in [4.78, 5) is 4.46. The van der Waals surface area contributed by atoms with Crippen LogP contribution in [0.2, 0.25) is 0 Å². The molecule has 0 N–H and O–H groups in total. The molecule has 0 aliphatic carbocycles. The minimum Gasteiger partial charge on any atom is -0.377 e. The highest BCUT2D eigenvalue weighted by molar-refractivity contribution is 5.77. The van der Waals surface area contributed by atoms with E-state index >= 15 is 0 Å².